The molecule has 0 aliphatic rings. The molecule has 0 bridgehead atoms. The summed E-state index contributed by atoms with van der Waals surface area (Å²) >= 11 is 0. The van der Waals surface area contributed by atoms with Crippen LogP contribution >= 0.6 is 0 Å². The van der Waals surface area contributed by atoms with Crippen molar-refractivity contribution in [1.82, 2.24) is 0 Å². The second-order valence-electron chi connectivity index (χ2n) is 4.86. The van der Waals surface area contributed by atoms with Crippen LogP contribution in [0.4, 0.5) is 0 Å². The highest BCUT2D eigenvalue weighted by Crippen LogP contribution is 2.30. The van der Waals surface area contributed by atoms with Gasteiger partial charge in [0.25, 0.3) is 12.5 Å². The molecule has 24 heavy (non-hydrogen) atoms. The van der Waals surface area contributed by atoms with Gasteiger partial charge < -0.3 is 18.9 Å². The second-order valence-corrected chi connectivity index (χ2v) is 4.86. The van der Waals surface area contributed by atoms with Crippen molar-refractivity contribution in [2.45, 2.75) is 12.8 Å². The van der Waals surface area contributed by atoms with Crippen LogP contribution in [0.3, 0.4) is 0 Å². The molecule has 0 spiro atoms. The summed E-state index contributed by atoms with van der Waals surface area (Å²) in [6, 6.07) is 10.9. The molecule has 0 saturated carbocycles. The Morgan fingerprint density at radius 2 is 1.12 bits per heavy atom. The Balaban J connectivity index is 2.11. The van der Waals surface area contributed by atoms with E-state index >= 15 is 0 Å². The summed E-state index contributed by atoms with van der Waals surface area (Å²) in [5.74, 6) is 1.82. The predicted molar refractivity (Wildman–Crippen MR) is 85.9 cm³/mol. The summed E-state index contributed by atoms with van der Waals surface area (Å²) in [5.41, 5.74) is 2.10. The Morgan fingerprint density at radius 3 is 1.46 bits per heavy atom. The zero-order valence-corrected chi connectivity index (χ0v) is 13.4. The van der Waals surface area contributed by atoms with Crippen LogP contribution < -0.4 is 18.9 Å². The molecule has 2 aromatic rings. The maximum Gasteiger partial charge on any atom is 0.292 e. The molecule has 0 atom stereocenters. The highest BCUT2D eigenvalue weighted by atomic mass is 16.5. The SMILES string of the molecule is COc1cc(CCc2ccc(OC#N)c(OC)c2)ccc1OC#N. The molecule has 0 saturated heterocycles. The first kappa shape index (κ1) is 17.0. The van der Waals surface area contributed by atoms with Crippen LogP contribution in [0.5, 0.6) is 23.0 Å². The molecule has 0 aliphatic carbocycles. The molecule has 0 aromatic heterocycles. The van der Waals surface area contributed by atoms with Crippen molar-refractivity contribution in [3.63, 3.8) is 0 Å². The fourth-order valence-electron chi connectivity index (χ4n) is 2.29. The maximum atomic E-state index is 8.60. The molecule has 0 fully saturated rings. The Bertz CT molecular complexity index is 723. The first-order chi connectivity index (χ1) is 11.7. The number of hydrogen-bond donors (Lipinski definition) is 0. The molecule has 0 unspecified atom stereocenters. The summed E-state index contributed by atoms with van der Waals surface area (Å²) in [6.45, 7) is 0. The van der Waals surface area contributed by atoms with Crippen LogP contribution in [-0.2, 0) is 12.8 Å². The summed E-state index contributed by atoms with van der Waals surface area (Å²) in [5, 5.41) is 17.2. The minimum atomic E-state index is 0.392. The van der Waals surface area contributed by atoms with Crippen molar-refractivity contribution in [1.29, 1.82) is 10.5 Å². The van der Waals surface area contributed by atoms with E-state index in [0.29, 0.717) is 23.0 Å². The van der Waals surface area contributed by atoms with Gasteiger partial charge in [0.1, 0.15) is 0 Å². The molecule has 122 valence electrons. The van der Waals surface area contributed by atoms with Gasteiger partial charge in [0.05, 0.1) is 14.2 Å². The zero-order valence-electron chi connectivity index (χ0n) is 13.4. The van der Waals surface area contributed by atoms with Gasteiger partial charge in [-0.15, -0.1) is 10.5 Å². The van der Waals surface area contributed by atoms with Crippen LogP contribution in [-0.4, -0.2) is 14.2 Å². The Hall–Kier alpha value is -3.38. The van der Waals surface area contributed by atoms with Gasteiger partial charge in [0.15, 0.2) is 23.0 Å². The van der Waals surface area contributed by atoms with E-state index in [2.05, 4.69) is 0 Å². The number of hydrogen-bond acceptors (Lipinski definition) is 6. The van der Waals surface area contributed by atoms with E-state index in [9.17, 15) is 0 Å². The fraction of sp³-hybridized carbons (Fsp3) is 0.222. The lowest BCUT2D eigenvalue weighted by Gasteiger charge is -2.10. The first-order valence-electron chi connectivity index (χ1n) is 7.17. The van der Waals surface area contributed by atoms with Crippen LogP contribution in [0.1, 0.15) is 11.1 Å². The van der Waals surface area contributed by atoms with Crippen molar-refractivity contribution in [2.75, 3.05) is 14.2 Å². The monoisotopic (exact) mass is 324 g/mol. The van der Waals surface area contributed by atoms with Crippen LogP contribution in [0.15, 0.2) is 36.4 Å². The Labute approximate surface area is 140 Å². The molecule has 2 rings (SSSR count). The van der Waals surface area contributed by atoms with Crippen LogP contribution in [0.2, 0.25) is 0 Å². The van der Waals surface area contributed by atoms with Crippen LogP contribution in [0.25, 0.3) is 0 Å². The molecule has 0 N–H and O–H groups in total. The van der Waals surface area contributed by atoms with Gasteiger partial charge >= 0.3 is 0 Å². The van der Waals surface area contributed by atoms with Gasteiger partial charge in [-0.05, 0) is 48.2 Å². The summed E-state index contributed by atoms with van der Waals surface area (Å²) in [6.07, 6.45) is 4.81. The van der Waals surface area contributed by atoms with E-state index in [1.807, 2.05) is 24.3 Å². The summed E-state index contributed by atoms with van der Waals surface area (Å²) in [4.78, 5) is 0. The average Bonchev–Trinajstić information content (AvgIpc) is 2.62. The molecular formula is C18H16N2O4. The van der Waals surface area contributed by atoms with Crippen molar-refractivity contribution >= 4 is 0 Å². The summed E-state index contributed by atoms with van der Waals surface area (Å²) < 4.78 is 20.1. The van der Waals surface area contributed by atoms with Gasteiger partial charge in [-0.25, -0.2) is 0 Å². The number of benzene rings is 2. The first-order valence-corrected chi connectivity index (χ1v) is 7.17. The Morgan fingerprint density at radius 1 is 0.708 bits per heavy atom. The molecule has 0 aliphatic heterocycles. The predicted octanol–water partition coefficient (Wildman–Crippen LogP) is 3.21. The quantitative estimate of drug-likeness (QED) is 0.727. The van der Waals surface area contributed by atoms with Crippen molar-refractivity contribution in [3.8, 4) is 35.5 Å². The highest BCUT2D eigenvalue weighted by Gasteiger charge is 2.08. The third kappa shape index (κ3) is 4.08. The lowest BCUT2D eigenvalue weighted by atomic mass is 10.0. The van der Waals surface area contributed by atoms with E-state index in [-0.39, 0.29) is 0 Å². The van der Waals surface area contributed by atoms with Crippen molar-refractivity contribution in [2.24, 2.45) is 0 Å². The standard InChI is InChI=1S/C18H16N2O4/c1-21-17-9-13(5-7-15(17)23-11-19)3-4-14-6-8-16(24-12-20)18(10-14)22-2/h5-10H,3-4H2,1-2H3. The zero-order chi connectivity index (χ0) is 17.4. The van der Waals surface area contributed by atoms with E-state index < -0.39 is 0 Å². The topological polar surface area (TPSA) is 84.5 Å². The summed E-state index contributed by atoms with van der Waals surface area (Å²) in [7, 11) is 3.06. The van der Waals surface area contributed by atoms with Crippen LogP contribution in [0, 0.1) is 23.0 Å². The Kier molecular flexibility index (Phi) is 5.88. The number of nitriles is 2. The average molecular weight is 324 g/mol. The smallest absolute Gasteiger partial charge is 0.292 e. The number of aryl methyl sites for hydroxylation is 2. The van der Waals surface area contributed by atoms with Gasteiger partial charge in [-0.1, -0.05) is 12.1 Å². The molecule has 0 amide bonds. The van der Waals surface area contributed by atoms with Crippen molar-refractivity contribution in [3.05, 3.63) is 47.5 Å². The molecule has 6 heteroatoms. The number of ether oxygens (including phenoxy) is 4. The normalized spacial score (nSPS) is 9.50. The fourth-order valence-corrected chi connectivity index (χ4v) is 2.29. The molecule has 0 heterocycles. The lowest BCUT2D eigenvalue weighted by molar-refractivity contribution is 0.383. The highest BCUT2D eigenvalue weighted by molar-refractivity contribution is 5.45. The largest absolute Gasteiger partial charge is 0.493 e. The van der Waals surface area contributed by atoms with Gasteiger partial charge in [0, 0.05) is 0 Å². The molecule has 0 radical (unpaired) electrons. The van der Waals surface area contributed by atoms with Crippen molar-refractivity contribution < 1.29 is 18.9 Å². The molecule has 2 aromatic carbocycles. The van der Waals surface area contributed by atoms with E-state index in [0.717, 1.165) is 24.0 Å². The number of nitrogens with zero attached hydrogens (tertiary/aromatic N) is 2. The maximum absolute atomic E-state index is 8.60. The van der Waals surface area contributed by atoms with Gasteiger partial charge in [-0.2, -0.15) is 0 Å². The minimum Gasteiger partial charge on any atom is -0.493 e. The molecular weight excluding hydrogens is 308 g/mol. The van der Waals surface area contributed by atoms with E-state index in [4.69, 9.17) is 29.5 Å². The minimum absolute atomic E-state index is 0.392. The van der Waals surface area contributed by atoms with E-state index in [1.54, 1.807) is 24.6 Å². The lowest BCUT2D eigenvalue weighted by Crippen LogP contribution is -1.96. The van der Waals surface area contributed by atoms with E-state index in [1.165, 1.54) is 14.2 Å². The van der Waals surface area contributed by atoms with Gasteiger partial charge in [0.2, 0.25) is 0 Å². The molecule has 6 nitrogen and oxygen atoms in total. The number of rotatable bonds is 7. The number of methoxy groups -OCH3 is 2. The third-order valence-corrected chi connectivity index (χ3v) is 3.47. The van der Waals surface area contributed by atoms with Gasteiger partial charge in [-0.3, -0.25) is 0 Å². The second kappa shape index (κ2) is 8.30. The third-order valence-electron chi connectivity index (χ3n) is 3.47.